The smallest absolute Gasteiger partial charge is 0.348 e. The summed E-state index contributed by atoms with van der Waals surface area (Å²) in [6.07, 6.45) is 0. The summed E-state index contributed by atoms with van der Waals surface area (Å²) in [5, 5.41) is 2.78. The van der Waals surface area contributed by atoms with Gasteiger partial charge in [0.2, 0.25) is 0 Å². The molecule has 0 saturated carbocycles. The lowest BCUT2D eigenvalue weighted by Gasteiger charge is -2.04. The van der Waals surface area contributed by atoms with Crippen molar-refractivity contribution in [3.05, 3.63) is 39.7 Å². The Kier molecular flexibility index (Phi) is 4.85. The molecule has 8 heteroatoms. The van der Waals surface area contributed by atoms with Crippen molar-refractivity contribution < 1.29 is 28.3 Å². The number of hydrogen-bond acceptors (Lipinski definition) is 7. The highest BCUT2D eigenvalue weighted by molar-refractivity contribution is 7.18. The predicted octanol–water partition coefficient (Wildman–Crippen LogP) is 2.78. The van der Waals surface area contributed by atoms with Crippen LogP contribution in [0.4, 0.5) is 5.00 Å². The number of anilines is 1. The van der Waals surface area contributed by atoms with Gasteiger partial charge in [0.05, 0.1) is 19.8 Å². The summed E-state index contributed by atoms with van der Waals surface area (Å²) in [4.78, 5) is 36.1. The molecule has 2 aromatic rings. The molecule has 0 aliphatic rings. The van der Waals surface area contributed by atoms with Crippen LogP contribution in [0.25, 0.3) is 0 Å². The fraction of sp³-hybridized carbons (Fsp3) is 0.267. The van der Waals surface area contributed by atoms with Gasteiger partial charge in [-0.05, 0) is 31.5 Å². The van der Waals surface area contributed by atoms with E-state index in [-0.39, 0.29) is 21.2 Å². The van der Waals surface area contributed by atoms with Crippen molar-refractivity contribution in [2.24, 2.45) is 0 Å². The Morgan fingerprint density at radius 1 is 1.09 bits per heavy atom. The van der Waals surface area contributed by atoms with Gasteiger partial charge in [0, 0.05) is 0 Å². The second-order valence-corrected chi connectivity index (χ2v) is 5.63. The zero-order chi connectivity index (χ0) is 17.1. The summed E-state index contributed by atoms with van der Waals surface area (Å²) >= 11 is 0.943. The fourth-order valence-electron chi connectivity index (χ4n) is 1.96. The summed E-state index contributed by atoms with van der Waals surface area (Å²) in [6.45, 7) is 3.29. The Hall–Kier alpha value is -2.61. The second-order valence-electron chi connectivity index (χ2n) is 4.61. The topological polar surface area (TPSA) is 94.8 Å². The summed E-state index contributed by atoms with van der Waals surface area (Å²) < 4.78 is 14.6. The van der Waals surface area contributed by atoms with Crippen molar-refractivity contribution in [1.82, 2.24) is 0 Å². The number of ether oxygens (including phenoxy) is 2. The Balaban J connectivity index is 2.42. The number of methoxy groups -OCH3 is 2. The first kappa shape index (κ1) is 16.8. The van der Waals surface area contributed by atoms with Crippen molar-refractivity contribution in [3.63, 3.8) is 0 Å². The summed E-state index contributed by atoms with van der Waals surface area (Å²) in [5.41, 5.74) is 0.508. The number of carbonyl (C=O) groups excluding carboxylic acids is 3. The molecule has 0 atom stereocenters. The van der Waals surface area contributed by atoms with Crippen molar-refractivity contribution in [2.45, 2.75) is 13.8 Å². The summed E-state index contributed by atoms with van der Waals surface area (Å²) in [5.74, 6) is -1.09. The second kappa shape index (κ2) is 6.66. The maximum atomic E-state index is 12.2. The van der Waals surface area contributed by atoms with Crippen LogP contribution in [0, 0.1) is 13.8 Å². The van der Waals surface area contributed by atoms with Gasteiger partial charge in [-0.1, -0.05) is 0 Å². The Labute approximate surface area is 136 Å². The SMILES string of the molecule is COC(=O)c1sc(NC(=O)c2ccc(C)o2)c(C(=O)OC)c1C. The van der Waals surface area contributed by atoms with Crippen molar-refractivity contribution in [1.29, 1.82) is 0 Å². The van der Waals surface area contributed by atoms with Crippen LogP contribution in [-0.2, 0) is 9.47 Å². The van der Waals surface area contributed by atoms with E-state index in [9.17, 15) is 14.4 Å². The molecule has 1 amide bonds. The van der Waals surface area contributed by atoms with Crippen LogP contribution in [0.3, 0.4) is 0 Å². The molecule has 0 saturated heterocycles. The van der Waals surface area contributed by atoms with E-state index in [0.29, 0.717) is 11.3 Å². The number of esters is 2. The van der Waals surface area contributed by atoms with Crippen LogP contribution in [-0.4, -0.2) is 32.1 Å². The number of amides is 1. The zero-order valence-electron chi connectivity index (χ0n) is 13.0. The van der Waals surface area contributed by atoms with E-state index in [0.717, 1.165) is 11.3 Å². The van der Waals surface area contributed by atoms with Gasteiger partial charge in [-0.25, -0.2) is 9.59 Å². The molecular formula is C15H15NO6S. The lowest BCUT2D eigenvalue weighted by atomic mass is 10.1. The van der Waals surface area contributed by atoms with Gasteiger partial charge in [0.1, 0.15) is 15.6 Å². The van der Waals surface area contributed by atoms with Crippen molar-refractivity contribution >= 4 is 34.2 Å². The van der Waals surface area contributed by atoms with Crippen LogP contribution in [0.15, 0.2) is 16.5 Å². The van der Waals surface area contributed by atoms with E-state index in [1.165, 1.54) is 20.3 Å². The zero-order valence-corrected chi connectivity index (χ0v) is 13.8. The van der Waals surface area contributed by atoms with Gasteiger partial charge < -0.3 is 19.2 Å². The number of rotatable bonds is 4. The Bertz CT molecular complexity index is 773. The van der Waals surface area contributed by atoms with E-state index >= 15 is 0 Å². The predicted molar refractivity (Wildman–Crippen MR) is 83.1 cm³/mol. The molecule has 0 radical (unpaired) electrons. The van der Waals surface area contributed by atoms with E-state index in [1.807, 2.05) is 0 Å². The van der Waals surface area contributed by atoms with Crippen LogP contribution in [0.5, 0.6) is 0 Å². The van der Waals surface area contributed by atoms with Gasteiger partial charge in [0.15, 0.2) is 5.76 Å². The molecule has 7 nitrogen and oxygen atoms in total. The highest BCUT2D eigenvalue weighted by Crippen LogP contribution is 2.34. The number of carbonyl (C=O) groups is 3. The van der Waals surface area contributed by atoms with Crippen LogP contribution >= 0.6 is 11.3 Å². The third kappa shape index (κ3) is 3.26. The molecule has 2 rings (SSSR count). The largest absolute Gasteiger partial charge is 0.465 e. The number of furan rings is 1. The van der Waals surface area contributed by atoms with E-state index in [4.69, 9.17) is 9.15 Å². The highest BCUT2D eigenvalue weighted by atomic mass is 32.1. The number of aryl methyl sites for hydroxylation is 1. The Morgan fingerprint density at radius 3 is 2.26 bits per heavy atom. The lowest BCUT2D eigenvalue weighted by molar-refractivity contribution is 0.0601. The van der Waals surface area contributed by atoms with E-state index in [1.54, 1.807) is 19.9 Å². The minimum atomic E-state index is -0.653. The summed E-state index contributed by atoms with van der Waals surface area (Å²) in [6, 6.07) is 3.17. The van der Waals surface area contributed by atoms with E-state index < -0.39 is 17.8 Å². The molecule has 23 heavy (non-hydrogen) atoms. The molecule has 0 unspecified atom stereocenters. The summed E-state index contributed by atoms with van der Waals surface area (Å²) in [7, 11) is 2.46. The molecule has 0 fully saturated rings. The van der Waals surface area contributed by atoms with Gasteiger partial charge in [0.25, 0.3) is 5.91 Å². The minimum absolute atomic E-state index is 0.101. The quantitative estimate of drug-likeness (QED) is 0.862. The molecular weight excluding hydrogens is 322 g/mol. The van der Waals surface area contributed by atoms with Crippen molar-refractivity contribution in [3.8, 4) is 0 Å². The van der Waals surface area contributed by atoms with Crippen molar-refractivity contribution in [2.75, 3.05) is 19.5 Å². The third-order valence-corrected chi connectivity index (χ3v) is 4.29. The molecule has 2 aromatic heterocycles. The van der Waals surface area contributed by atoms with Gasteiger partial charge in [-0.3, -0.25) is 4.79 Å². The average molecular weight is 337 g/mol. The maximum Gasteiger partial charge on any atom is 0.348 e. The molecule has 0 aliphatic carbocycles. The first-order chi connectivity index (χ1) is 10.9. The fourth-order valence-corrected chi connectivity index (χ4v) is 3.07. The molecule has 1 N–H and O–H groups in total. The Morgan fingerprint density at radius 2 is 1.74 bits per heavy atom. The first-order valence-corrected chi connectivity index (χ1v) is 7.38. The molecule has 0 bridgehead atoms. The number of thiophene rings is 1. The minimum Gasteiger partial charge on any atom is -0.465 e. The molecule has 0 aliphatic heterocycles. The van der Waals surface area contributed by atoms with Crippen LogP contribution in [0.1, 0.15) is 41.9 Å². The van der Waals surface area contributed by atoms with Crippen LogP contribution in [0.2, 0.25) is 0 Å². The molecule has 0 spiro atoms. The monoisotopic (exact) mass is 337 g/mol. The standard InChI is InChI=1S/C15H15NO6S/c1-7-5-6-9(22-7)12(17)16-13-10(14(18)20-3)8(2)11(23-13)15(19)21-4/h5-6H,1-4H3,(H,16,17). The molecule has 2 heterocycles. The van der Waals surface area contributed by atoms with Gasteiger partial charge >= 0.3 is 11.9 Å². The third-order valence-electron chi connectivity index (χ3n) is 3.10. The van der Waals surface area contributed by atoms with E-state index in [2.05, 4.69) is 10.1 Å². The normalized spacial score (nSPS) is 10.3. The maximum absolute atomic E-state index is 12.2. The first-order valence-electron chi connectivity index (χ1n) is 6.56. The highest BCUT2D eigenvalue weighted by Gasteiger charge is 2.27. The lowest BCUT2D eigenvalue weighted by Crippen LogP contribution is -2.13. The van der Waals surface area contributed by atoms with Gasteiger partial charge in [-0.15, -0.1) is 11.3 Å². The van der Waals surface area contributed by atoms with Crippen LogP contribution < -0.4 is 5.32 Å². The average Bonchev–Trinajstić information content (AvgIpc) is 3.10. The van der Waals surface area contributed by atoms with Gasteiger partial charge in [-0.2, -0.15) is 0 Å². The number of nitrogens with one attached hydrogen (secondary N) is 1. The molecule has 0 aromatic carbocycles. The number of hydrogen-bond donors (Lipinski definition) is 1. The molecule has 122 valence electrons.